The second kappa shape index (κ2) is 6.99. The zero-order chi connectivity index (χ0) is 21.9. The van der Waals surface area contributed by atoms with Crippen LogP contribution in [0, 0.1) is 35.5 Å². The lowest BCUT2D eigenvalue weighted by Crippen LogP contribution is -2.36. The van der Waals surface area contributed by atoms with Crippen LogP contribution in [0.3, 0.4) is 0 Å². The molecule has 3 aliphatic carbocycles. The highest BCUT2D eigenvalue weighted by Gasteiger charge is 2.59. The van der Waals surface area contributed by atoms with Crippen molar-refractivity contribution in [1.82, 2.24) is 19.8 Å². The summed E-state index contributed by atoms with van der Waals surface area (Å²) in [7, 11) is 0. The molecule has 1 aliphatic heterocycles. The van der Waals surface area contributed by atoms with E-state index in [9.17, 15) is 4.79 Å². The molecule has 2 aromatic heterocycles. The molecule has 1 aromatic carbocycles. The van der Waals surface area contributed by atoms with Crippen LogP contribution in [0.5, 0.6) is 0 Å². The number of amides is 1. The van der Waals surface area contributed by atoms with E-state index in [1.54, 1.807) is 5.01 Å². The van der Waals surface area contributed by atoms with Crippen molar-refractivity contribution in [2.75, 3.05) is 0 Å². The van der Waals surface area contributed by atoms with Gasteiger partial charge in [0.2, 0.25) is 5.91 Å². The Labute approximate surface area is 186 Å². The van der Waals surface area contributed by atoms with Crippen molar-refractivity contribution in [3.8, 4) is 6.07 Å². The van der Waals surface area contributed by atoms with Crippen LogP contribution in [-0.2, 0) is 11.3 Å². The van der Waals surface area contributed by atoms with Crippen molar-refractivity contribution in [3.63, 3.8) is 0 Å². The normalized spacial score (nSPS) is 28.1. The van der Waals surface area contributed by atoms with Crippen LogP contribution in [0.1, 0.15) is 48.5 Å². The molecule has 3 aromatic rings. The van der Waals surface area contributed by atoms with Crippen molar-refractivity contribution < 1.29 is 4.79 Å². The monoisotopic (exact) mass is 424 g/mol. The Hall–Kier alpha value is -3.53. The van der Waals surface area contributed by atoms with E-state index in [-0.39, 0.29) is 23.3 Å². The summed E-state index contributed by atoms with van der Waals surface area (Å²) in [6.07, 6.45) is 9.25. The summed E-state index contributed by atoms with van der Waals surface area (Å²) in [5.41, 5.74) is 3.83. The highest BCUT2D eigenvalue weighted by atomic mass is 16.2. The molecule has 3 saturated carbocycles. The number of hydrogen-bond donors (Lipinski definition) is 0. The van der Waals surface area contributed by atoms with Gasteiger partial charge in [0.25, 0.3) is 0 Å². The van der Waals surface area contributed by atoms with Crippen LogP contribution < -0.4 is 0 Å². The highest BCUT2D eigenvalue weighted by Crippen LogP contribution is 2.63. The lowest BCUT2D eigenvalue weighted by atomic mass is 9.69. The van der Waals surface area contributed by atoms with Crippen LogP contribution in [0.4, 0.5) is 0 Å². The van der Waals surface area contributed by atoms with Gasteiger partial charge in [-0.05, 0) is 67.3 Å². The number of benzene rings is 1. The number of hydrogen-bond acceptors (Lipinski definition) is 5. The molecule has 0 radical (unpaired) electrons. The average Bonchev–Trinajstić information content (AvgIpc) is 3.56. The SMILES string of the molecule is Cc1ccc(C2CC=NN2C(=O)[C@H]2CC3(Cn4ncc5cc(C#N)ccc54)CC2C3)nc1. The average molecular weight is 425 g/mol. The Morgan fingerprint density at radius 3 is 2.88 bits per heavy atom. The molecule has 7 heteroatoms. The number of carbonyl (C=O) groups is 1. The first-order valence-corrected chi connectivity index (χ1v) is 11.2. The van der Waals surface area contributed by atoms with Crippen LogP contribution >= 0.6 is 0 Å². The van der Waals surface area contributed by atoms with Crippen LogP contribution in [0.25, 0.3) is 10.9 Å². The fraction of sp³-hybridized carbons (Fsp3) is 0.400. The van der Waals surface area contributed by atoms with Crippen molar-refractivity contribution >= 4 is 23.0 Å². The quantitative estimate of drug-likeness (QED) is 0.634. The number of fused-ring (bicyclic) bond motifs is 2. The van der Waals surface area contributed by atoms with Crippen molar-refractivity contribution in [1.29, 1.82) is 5.26 Å². The van der Waals surface area contributed by atoms with E-state index >= 15 is 0 Å². The molecule has 0 N–H and O–H groups in total. The zero-order valence-electron chi connectivity index (χ0n) is 18.0. The zero-order valence-corrected chi connectivity index (χ0v) is 18.0. The summed E-state index contributed by atoms with van der Waals surface area (Å²) < 4.78 is 2.05. The van der Waals surface area contributed by atoms with Gasteiger partial charge in [-0.15, -0.1) is 0 Å². The number of aromatic nitrogens is 3. The smallest absolute Gasteiger partial charge is 0.246 e. The van der Waals surface area contributed by atoms with Gasteiger partial charge in [-0.3, -0.25) is 14.5 Å². The van der Waals surface area contributed by atoms with Crippen molar-refractivity contribution in [3.05, 3.63) is 59.5 Å². The molecule has 2 bridgehead atoms. The number of nitrogens with zero attached hydrogens (tertiary/aromatic N) is 6. The number of rotatable bonds is 4. The third kappa shape index (κ3) is 2.94. The maximum absolute atomic E-state index is 13.5. The minimum Gasteiger partial charge on any atom is -0.273 e. The first-order valence-electron chi connectivity index (χ1n) is 11.2. The summed E-state index contributed by atoms with van der Waals surface area (Å²) in [5.74, 6) is 0.585. The molecule has 1 unspecified atom stereocenters. The lowest BCUT2D eigenvalue weighted by Gasteiger charge is -2.38. The third-order valence-electron chi connectivity index (χ3n) is 7.52. The topological polar surface area (TPSA) is 87.2 Å². The van der Waals surface area contributed by atoms with Gasteiger partial charge < -0.3 is 0 Å². The summed E-state index contributed by atoms with van der Waals surface area (Å²) in [6.45, 7) is 2.83. The number of carbonyl (C=O) groups excluding carboxylic acids is 1. The summed E-state index contributed by atoms with van der Waals surface area (Å²) >= 11 is 0. The van der Waals surface area contributed by atoms with E-state index in [0.717, 1.165) is 48.0 Å². The van der Waals surface area contributed by atoms with Crippen LogP contribution in [0.2, 0.25) is 0 Å². The minimum atomic E-state index is -0.0961. The van der Waals surface area contributed by atoms with E-state index in [4.69, 9.17) is 5.26 Å². The van der Waals surface area contributed by atoms with Gasteiger partial charge in [-0.1, -0.05) is 6.07 Å². The Morgan fingerprint density at radius 1 is 1.22 bits per heavy atom. The first-order chi connectivity index (χ1) is 15.5. The number of hydrazone groups is 1. The molecular weight excluding hydrogens is 400 g/mol. The maximum Gasteiger partial charge on any atom is 0.246 e. The predicted molar refractivity (Wildman–Crippen MR) is 119 cm³/mol. The first kappa shape index (κ1) is 19.2. The Morgan fingerprint density at radius 2 is 2.09 bits per heavy atom. The standard InChI is InChI=1S/C25H24N6O/c1-16-2-4-21(27-13-16)23-6-7-28-31(23)24(32)20-11-25(9-19(20)10-25)15-30-22-5-3-17(12-26)8-18(22)14-29-30/h2-5,7-8,13-14,19-20,23H,6,9-11,15H2,1H3/t19?,20-,23?,25?/m0/s1. The van der Waals surface area contributed by atoms with E-state index < -0.39 is 0 Å². The Balaban J connectivity index is 1.19. The maximum atomic E-state index is 13.5. The third-order valence-corrected chi connectivity index (χ3v) is 7.52. The van der Waals surface area contributed by atoms with Gasteiger partial charge in [0.05, 0.1) is 29.0 Å². The second-order valence-corrected chi connectivity index (χ2v) is 9.66. The molecule has 32 heavy (non-hydrogen) atoms. The molecule has 160 valence electrons. The molecule has 3 fully saturated rings. The fourth-order valence-electron chi connectivity index (χ4n) is 5.94. The van der Waals surface area contributed by atoms with E-state index in [0.29, 0.717) is 17.9 Å². The Bertz CT molecular complexity index is 1280. The predicted octanol–water partition coefficient (Wildman–Crippen LogP) is 3.99. The van der Waals surface area contributed by atoms with Crippen molar-refractivity contribution in [2.24, 2.45) is 22.4 Å². The minimum absolute atomic E-state index is 0.0187. The van der Waals surface area contributed by atoms with Gasteiger partial charge in [0, 0.05) is 36.7 Å². The van der Waals surface area contributed by atoms with E-state index in [1.165, 1.54) is 0 Å². The molecule has 7 nitrogen and oxygen atoms in total. The molecule has 0 spiro atoms. The van der Waals surface area contributed by atoms with Crippen molar-refractivity contribution in [2.45, 2.75) is 45.2 Å². The number of nitriles is 1. The van der Waals surface area contributed by atoms with Gasteiger partial charge in [0.15, 0.2) is 0 Å². The Kier molecular flexibility index (Phi) is 4.19. The van der Waals surface area contributed by atoms with Gasteiger partial charge in [0.1, 0.15) is 6.04 Å². The summed E-state index contributed by atoms with van der Waals surface area (Å²) in [5, 5.41) is 20.8. The number of aryl methyl sites for hydroxylation is 1. The largest absolute Gasteiger partial charge is 0.273 e. The molecule has 3 heterocycles. The molecular formula is C25H24N6O. The molecule has 4 aliphatic rings. The molecule has 2 atom stereocenters. The fourth-order valence-corrected chi connectivity index (χ4v) is 5.94. The molecule has 1 amide bonds. The highest BCUT2D eigenvalue weighted by molar-refractivity contribution is 5.83. The summed E-state index contributed by atoms with van der Waals surface area (Å²) in [4.78, 5) is 18.0. The number of pyridine rings is 1. The van der Waals surface area contributed by atoms with Gasteiger partial charge >= 0.3 is 0 Å². The molecule has 7 rings (SSSR count). The van der Waals surface area contributed by atoms with Crippen LogP contribution in [0.15, 0.2) is 47.8 Å². The van der Waals surface area contributed by atoms with Crippen LogP contribution in [-0.4, -0.2) is 31.9 Å². The van der Waals surface area contributed by atoms with E-state index in [1.807, 2.05) is 60.5 Å². The van der Waals surface area contributed by atoms with Gasteiger partial charge in [-0.2, -0.15) is 15.5 Å². The van der Waals surface area contributed by atoms with Gasteiger partial charge in [-0.25, -0.2) is 5.01 Å². The second-order valence-electron chi connectivity index (χ2n) is 9.66. The lowest BCUT2D eigenvalue weighted by molar-refractivity contribution is -0.138. The molecule has 0 saturated heterocycles. The van der Waals surface area contributed by atoms with E-state index in [2.05, 4.69) is 21.3 Å². The summed E-state index contributed by atoms with van der Waals surface area (Å²) in [6, 6.07) is 11.8.